The van der Waals surface area contributed by atoms with Crippen LogP contribution in [0, 0.1) is 11.7 Å². The summed E-state index contributed by atoms with van der Waals surface area (Å²) >= 11 is 8.22. The van der Waals surface area contributed by atoms with Gasteiger partial charge in [-0.3, -0.25) is 9.89 Å². The smallest absolute Gasteiger partial charge is 0.296 e. The maximum absolute atomic E-state index is 11.8. The number of aromatic nitrogens is 3. The van der Waals surface area contributed by atoms with Gasteiger partial charge in [0.05, 0.1) is 6.21 Å². The first-order valence-corrected chi connectivity index (χ1v) is 6.40. The van der Waals surface area contributed by atoms with Gasteiger partial charge in [0, 0.05) is 10.0 Å². The molecule has 0 spiro atoms. The largest absolute Gasteiger partial charge is 0.507 e. The molecule has 0 saturated carbocycles. The monoisotopic (exact) mass is 340 g/mol. The van der Waals surface area contributed by atoms with E-state index in [1.807, 2.05) is 0 Å². The highest BCUT2D eigenvalue weighted by atomic mass is 79.9. The summed E-state index contributed by atoms with van der Waals surface area (Å²) in [5, 5.41) is 19.9. The first-order chi connectivity index (χ1) is 8.99. The molecular weight excluding hydrogens is 332 g/mol. The number of aromatic amines is 1. The Labute approximate surface area is 121 Å². The molecule has 0 bridgehead atoms. The molecule has 8 heteroatoms. The van der Waals surface area contributed by atoms with Crippen LogP contribution in [0.5, 0.6) is 5.75 Å². The predicted octanol–water partition coefficient (Wildman–Crippen LogP) is 1.96. The van der Waals surface area contributed by atoms with Gasteiger partial charge in [-0.05, 0) is 37.3 Å². The third-order valence-electron chi connectivity index (χ3n) is 2.32. The molecule has 2 N–H and O–H groups in total. The summed E-state index contributed by atoms with van der Waals surface area (Å²) in [5.41, 5.74) is 0.309. The second-order valence-corrected chi connectivity index (χ2v) is 4.98. The highest BCUT2D eigenvalue weighted by Crippen LogP contribution is 2.19. The normalized spacial score (nSPS) is 11.1. The summed E-state index contributed by atoms with van der Waals surface area (Å²) in [6.07, 6.45) is 1.35. The van der Waals surface area contributed by atoms with Gasteiger partial charge in [0.2, 0.25) is 4.77 Å². The van der Waals surface area contributed by atoms with Crippen molar-refractivity contribution in [3.05, 3.63) is 49.1 Å². The zero-order valence-corrected chi connectivity index (χ0v) is 12.2. The first-order valence-electron chi connectivity index (χ1n) is 5.20. The minimum absolute atomic E-state index is 0.0562. The molecule has 98 valence electrons. The lowest BCUT2D eigenvalue weighted by molar-refractivity contribution is 0.474. The summed E-state index contributed by atoms with van der Waals surface area (Å²) in [5.74, 6) is 0.0562. The highest BCUT2D eigenvalue weighted by Gasteiger charge is 2.02. The number of halogens is 1. The fraction of sp³-hybridized carbons (Fsp3) is 0.0909. The van der Waals surface area contributed by atoms with Crippen molar-refractivity contribution >= 4 is 34.4 Å². The molecule has 0 radical (unpaired) electrons. The minimum Gasteiger partial charge on any atom is -0.507 e. The van der Waals surface area contributed by atoms with Crippen molar-refractivity contribution in [1.29, 1.82) is 0 Å². The topological polar surface area (TPSA) is 83.3 Å². The Morgan fingerprint density at radius 2 is 2.32 bits per heavy atom. The first kappa shape index (κ1) is 13.6. The number of hydrogen-bond donors (Lipinski definition) is 2. The number of nitrogens with zero attached hydrogens (tertiary/aromatic N) is 3. The number of aryl methyl sites for hydroxylation is 1. The van der Waals surface area contributed by atoms with Crippen LogP contribution in [-0.4, -0.2) is 26.2 Å². The van der Waals surface area contributed by atoms with E-state index in [-0.39, 0.29) is 16.2 Å². The van der Waals surface area contributed by atoms with Gasteiger partial charge in [-0.25, -0.2) is 0 Å². The lowest BCUT2D eigenvalue weighted by Crippen LogP contribution is -2.22. The van der Waals surface area contributed by atoms with Crippen LogP contribution in [0.2, 0.25) is 0 Å². The summed E-state index contributed by atoms with van der Waals surface area (Å²) in [6, 6.07) is 4.89. The van der Waals surface area contributed by atoms with Gasteiger partial charge >= 0.3 is 0 Å². The molecule has 1 heterocycles. The van der Waals surface area contributed by atoms with Gasteiger partial charge in [-0.15, -0.1) is 0 Å². The molecule has 0 unspecified atom stereocenters. The Kier molecular flexibility index (Phi) is 3.91. The highest BCUT2D eigenvalue weighted by molar-refractivity contribution is 9.10. The molecule has 0 aliphatic rings. The van der Waals surface area contributed by atoms with E-state index >= 15 is 0 Å². The number of hydrogen-bond acceptors (Lipinski definition) is 5. The Bertz CT molecular complexity index is 766. The van der Waals surface area contributed by atoms with Gasteiger partial charge in [-0.1, -0.05) is 15.9 Å². The van der Waals surface area contributed by atoms with Crippen molar-refractivity contribution < 1.29 is 5.11 Å². The van der Waals surface area contributed by atoms with E-state index in [1.54, 1.807) is 19.1 Å². The van der Waals surface area contributed by atoms with Crippen molar-refractivity contribution in [3.8, 4) is 5.75 Å². The van der Waals surface area contributed by atoms with E-state index in [4.69, 9.17) is 12.2 Å². The molecule has 0 aliphatic heterocycles. The van der Waals surface area contributed by atoms with Crippen LogP contribution < -0.4 is 5.56 Å². The molecule has 0 aliphatic carbocycles. The number of nitrogens with one attached hydrogen (secondary N) is 1. The predicted molar refractivity (Wildman–Crippen MR) is 77.2 cm³/mol. The van der Waals surface area contributed by atoms with Gasteiger partial charge in [0.1, 0.15) is 11.4 Å². The third kappa shape index (κ3) is 2.96. The zero-order valence-electron chi connectivity index (χ0n) is 9.79. The Balaban J connectivity index is 2.50. The van der Waals surface area contributed by atoms with Crippen molar-refractivity contribution in [1.82, 2.24) is 14.9 Å². The fourth-order valence-electron chi connectivity index (χ4n) is 1.33. The number of phenolic OH excluding ortho intramolecular Hbond substituents is 1. The molecular formula is C11H9BrN4O2S. The van der Waals surface area contributed by atoms with Crippen LogP contribution in [0.25, 0.3) is 0 Å². The van der Waals surface area contributed by atoms with Crippen LogP contribution in [-0.2, 0) is 0 Å². The van der Waals surface area contributed by atoms with Crippen LogP contribution >= 0.6 is 28.1 Å². The van der Waals surface area contributed by atoms with Crippen molar-refractivity contribution in [2.75, 3.05) is 0 Å². The zero-order chi connectivity index (χ0) is 14.0. The van der Waals surface area contributed by atoms with Gasteiger partial charge in [-0.2, -0.15) is 14.9 Å². The van der Waals surface area contributed by atoms with E-state index in [9.17, 15) is 9.90 Å². The molecule has 0 atom stereocenters. The number of rotatable bonds is 2. The maximum Gasteiger partial charge on any atom is 0.296 e. The number of phenols is 1. The van der Waals surface area contributed by atoms with Crippen LogP contribution in [0.4, 0.5) is 0 Å². The Morgan fingerprint density at radius 1 is 1.58 bits per heavy atom. The molecule has 6 nitrogen and oxygen atoms in total. The Morgan fingerprint density at radius 3 is 3.05 bits per heavy atom. The van der Waals surface area contributed by atoms with Crippen LogP contribution in [0.1, 0.15) is 11.3 Å². The van der Waals surface area contributed by atoms with E-state index in [2.05, 4.69) is 31.2 Å². The summed E-state index contributed by atoms with van der Waals surface area (Å²) in [4.78, 5) is 11.8. The number of benzene rings is 1. The molecule has 0 saturated heterocycles. The van der Waals surface area contributed by atoms with E-state index in [0.29, 0.717) is 5.56 Å². The summed E-state index contributed by atoms with van der Waals surface area (Å²) in [6.45, 7) is 1.55. The van der Waals surface area contributed by atoms with Crippen LogP contribution in [0.15, 0.2) is 32.6 Å². The molecule has 2 aromatic rings. The molecule has 19 heavy (non-hydrogen) atoms. The quantitative estimate of drug-likeness (QED) is 0.646. The van der Waals surface area contributed by atoms with E-state index in [0.717, 1.165) is 9.15 Å². The second kappa shape index (κ2) is 5.45. The van der Waals surface area contributed by atoms with Crippen molar-refractivity contribution in [3.63, 3.8) is 0 Å². The molecule has 2 rings (SSSR count). The third-order valence-corrected chi connectivity index (χ3v) is 3.07. The van der Waals surface area contributed by atoms with Crippen molar-refractivity contribution in [2.24, 2.45) is 5.10 Å². The SMILES string of the molecule is Cc1n[nH]c(=S)n(N=Cc2cc(Br)ccc2O)c1=O. The Hall–Kier alpha value is -1.80. The van der Waals surface area contributed by atoms with Crippen molar-refractivity contribution in [2.45, 2.75) is 6.92 Å². The average molecular weight is 341 g/mol. The van der Waals surface area contributed by atoms with Gasteiger partial charge in [0.25, 0.3) is 5.56 Å². The minimum atomic E-state index is -0.408. The lowest BCUT2D eigenvalue weighted by Gasteiger charge is -2.01. The van der Waals surface area contributed by atoms with E-state index < -0.39 is 5.56 Å². The fourth-order valence-corrected chi connectivity index (χ4v) is 1.88. The van der Waals surface area contributed by atoms with Crippen LogP contribution in [0.3, 0.4) is 0 Å². The number of H-pyrrole nitrogens is 1. The number of aromatic hydroxyl groups is 1. The molecule has 0 fully saturated rings. The van der Waals surface area contributed by atoms with E-state index in [1.165, 1.54) is 12.3 Å². The molecule has 1 aromatic heterocycles. The molecule has 1 aromatic carbocycles. The van der Waals surface area contributed by atoms with Gasteiger partial charge in [0.15, 0.2) is 0 Å². The second-order valence-electron chi connectivity index (χ2n) is 3.68. The van der Waals surface area contributed by atoms with Gasteiger partial charge < -0.3 is 5.11 Å². The maximum atomic E-state index is 11.8. The standard InChI is InChI=1S/C11H9BrN4O2S/c1-6-10(18)16(11(19)15-14-6)13-5-7-4-8(12)2-3-9(7)17/h2-5,17H,1H3,(H,15,19). The summed E-state index contributed by atoms with van der Waals surface area (Å²) < 4.78 is 1.88. The average Bonchev–Trinajstić information content (AvgIpc) is 2.38. The lowest BCUT2D eigenvalue weighted by atomic mass is 10.2. The molecule has 0 amide bonds. The summed E-state index contributed by atoms with van der Waals surface area (Å²) in [7, 11) is 0.